The fraction of sp³-hybridized carbons (Fsp3) is 0.0769. The van der Waals surface area contributed by atoms with E-state index in [0.29, 0.717) is 5.57 Å². The molecule has 0 bridgehead atoms. The van der Waals surface area contributed by atoms with Crippen molar-refractivity contribution >= 4 is 34.0 Å². The summed E-state index contributed by atoms with van der Waals surface area (Å²) >= 11 is 0.230. The second kappa shape index (κ2) is 5.16. The molecule has 0 aromatic carbocycles. The molecule has 0 saturated heterocycles. The Kier molecular flexibility index (Phi) is 3.40. The van der Waals surface area contributed by atoms with Gasteiger partial charge in [-0.1, -0.05) is 23.5 Å². The number of carbonyl (C=O) groups is 1. The molecule has 0 spiro atoms. The number of anilines is 1. The van der Waals surface area contributed by atoms with Crippen LogP contribution in [-0.2, 0) is 11.0 Å². The standard InChI is InChI=1S/C13H7F3N4O2S/c14-13(15,16)11-19-20-9(17)8(10(22)18-12(20)23-11)5-6-1-3-7(21)4-2-6/h1-5H,17H2. The maximum Gasteiger partial charge on any atom is 0.445 e. The SMILES string of the molecule is Nc1c(C=C2C=CC(=O)C=C2)c(=O)nc2sc(C(F)(F)F)nn12. The number of rotatable bonds is 1. The first kappa shape index (κ1) is 15.2. The maximum absolute atomic E-state index is 12.7. The number of carbonyl (C=O) groups excluding carboxylic acids is 1. The first-order valence-corrected chi connectivity index (χ1v) is 6.96. The normalized spacial score (nSPS) is 14.7. The minimum Gasteiger partial charge on any atom is -0.383 e. The molecule has 2 heterocycles. The summed E-state index contributed by atoms with van der Waals surface area (Å²) < 4.78 is 38.9. The van der Waals surface area contributed by atoms with Crippen molar-refractivity contribution in [2.24, 2.45) is 0 Å². The first-order valence-electron chi connectivity index (χ1n) is 6.14. The predicted molar refractivity (Wildman–Crippen MR) is 77.8 cm³/mol. The topological polar surface area (TPSA) is 90.4 Å². The molecule has 2 aromatic rings. The van der Waals surface area contributed by atoms with E-state index in [4.69, 9.17) is 5.73 Å². The van der Waals surface area contributed by atoms with Gasteiger partial charge in [0.1, 0.15) is 5.82 Å². The molecule has 1 aliphatic carbocycles. The number of nitrogens with two attached hydrogens (primary N) is 1. The summed E-state index contributed by atoms with van der Waals surface area (Å²) in [5.74, 6) is -0.465. The van der Waals surface area contributed by atoms with Gasteiger partial charge in [0.25, 0.3) is 5.56 Å². The van der Waals surface area contributed by atoms with Gasteiger partial charge >= 0.3 is 6.18 Å². The van der Waals surface area contributed by atoms with Crippen LogP contribution in [0, 0.1) is 0 Å². The highest BCUT2D eigenvalue weighted by Gasteiger charge is 2.36. The molecular weight excluding hydrogens is 333 g/mol. The maximum atomic E-state index is 12.7. The summed E-state index contributed by atoms with van der Waals surface area (Å²) in [6.45, 7) is 0. The van der Waals surface area contributed by atoms with E-state index in [1.165, 1.54) is 30.4 Å². The summed E-state index contributed by atoms with van der Waals surface area (Å²) in [5, 5.41) is 2.21. The quantitative estimate of drug-likeness (QED) is 0.855. The van der Waals surface area contributed by atoms with E-state index in [-0.39, 0.29) is 33.5 Å². The van der Waals surface area contributed by atoms with Crippen LogP contribution in [0.25, 0.3) is 11.0 Å². The van der Waals surface area contributed by atoms with Crippen LogP contribution in [0.1, 0.15) is 10.6 Å². The highest BCUT2D eigenvalue weighted by Crippen LogP contribution is 2.32. The predicted octanol–water partition coefficient (Wildman–Crippen LogP) is 1.83. The average Bonchev–Trinajstić information content (AvgIpc) is 2.89. The molecule has 118 valence electrons. The average molecular weight is 340 g/mol. The van der Waals surface area contributed by atoms with Crippen molar-refractivity contribution in [3.63, 3.8) is 0 Å². The van der Waals surface area contributed by atoms with Crippen LogP contribution < -0.4 is 11.3 Å². The third-order valence-electron chi connectivity index (χ3n) is 2.93. The van der Waals surface area contributed by atoms with Gasteiger partial charge in [0.15, 0.2) is 5.78 Å². The van der Waals surface area contributed by atoms with E-state index >= 15 is 0 Å². The minimum atomic E-state index is -4.65. The van der Waals surface area contributed by atoms with Crippen LogP contribution in [-0.4, -0.2) is 20.4 Å². The molecule has 0 saturated carbocycles. The zero-order valence-corrected chi connectivity index (χ0v) is 12.0. The molecule has 2 N–H and O–H groups in total. The molecule has 0 fully saturated rings. The zero-order valence-electron chi connectivity index (χ0n) is 11.2. The third kappa shape index (κ3) is 2.80. The number of nitrogens with zero attached hydrogens (tertiary/aromatic N) is 3. The van der Waals surface area contributed by atoms with Crippen molar-refractivity contribution in [2.75, 3.05) is 5.73 Å². The molecule has 3 rings (SSSR count). The molecule has 0 amide bonds. The van der Waals surface area contributed by atoms with E-state index in [9.17, 15) is 22.8 Å². The van der Waals surface area contributed by atoms with Crippen LogP contribution in [0.5, 0.6) is 0 Å². The number of hydrogen-bond acceptors (Lipinski definition) is 6. The number of halogens is 3. The molecular formula is C13H7F3N4O2S. The summed E-state index contributed by atoms with van der Waals surface area (Å²) in [6, 6.07) is 0. The van der Waals surface area contributed by atoms with Crippen LogP contribution >= 0.6 is 11.3 Å². The second-order valence-electron chi connectivity index (χ2n) is 4.53. The van der Waals surface area contributed by atoms with E-state index in [1.54, 1.807) is 0 Å². The lowest BCUT2D eigenvalue weighted by atomic mass is 10.1. The van der Waals surface area contributed by atoms with Crippen molar-refractivity contribution in [3.8, 4) is 0 Å². The third-order valence-corrected chi connectivity index (χ3v) is 3.88. The fourth-order valence-corrected chi connectivity index (χ4v) is 2.63. The summed E-state index contributed by atoms with van der Waals surface area (Å²) in [4.78, 5) is 26.4. The number of fused-ring (bicyclic) bond motifs is 1. The number of hydrogen-bond donors (Lipinski definition) is 1. The van der Waals surface area contributed by atoms with Gasteiger partial charge in [0, 0.05) is 0 Å². The summed E-state index contributed by atoms with van der Waals surface area (Å²) in [5.41, 5.74) is 5.38. The summed E-state index contributed by atoms with van der Waals surface area (Å²) in [6.07, 6.45) is 2.17. The molecule has 2 aromatic heterocycles. The Balaban J connectivity index is 2.17. The zero-order chi connectivity index (χ0) is 16.8. The fourth-order valence-electron chi connectivity index (χ4n) is 1.86. The van der Waals surface area contributed by atoms with Gasteiger partial charge in [-0.15, -0.1) is 5.10 Å². The van der Waals surface area contributed by atoms with Crippen LogP contribution in [0.4, 0.5) is 19.0 Å². The molecule has 10 heteroatoms. The highest BCUT2D eigenvalue weighted by molar-refractivity contribution is 7.16. The van der Waals surface area contributed by atoms with Gasteiger partial charge in [-0.05, 0) is 23.8 Å². The van der Waals surface area contributed by atoms with Crippen LogP contribution in [0.2, 0.25) is 0 Å². The molecule has 23 heavy (non-hydrogen) atoms. The molecule has 0 aliphatic heterocycles. The lowest BCUT2D eigenvalue weighted by Gasteiger charge is -2.03. The number of aromatic nitrogens is 3. The van der Waals surface area contributed by atoms with E-state index in [0.717, 1.165) is 4.52 Å². The Labute approximate surface area is 130 Å². The van der Waals surface area contributed by atoms with Gasteiger partial charge in [-0.2, -0.15) is 22.7 Å². The number of alkyl halides is 3. The Morgan fingerprint density at radius 3 is 2.43 bits per heavy atom. The summed E-state index contributed by atoms with van der Waals surface area (Å²) in [7, 11) is 0. The Hall–Kier alpha value is -2.75. The van der Waals surface area contributed by atoms with Crippen LogP contribution in [0.3, 0.4) is 0 Å². The number of ketones is 1. The van der Waals surface area contributed by atoms with E-state index in [2.05, 4.69) is 10.1 Å². The smallest absolute Gasteiger partial charge is 0.383 e. The first-order chi connectivity index (χ1) is 10.8. The Bertz CT molecular complexity index is 948. The molecule has 1 aliphatic rings. The van der Waals surface area contributed by atoms with Gasteiger partial charge in [-0.25, -0.2) is 0 Å². The monoisotopic (exact) mass is 340 g/mol. The Morgan fingerprint density at radius 2 is 1.83 bits per heavy atom. The molecule has 0 atom stereocenters. The lowest BCUT2D eigenvalue weighted by Crippen LogP contribution is -2.17. The van der Waals surface area contributed by atoms with Gasteiger partial charge in [0.2, 0.25) is 9.97 Å². The number of nitrogen functional groups attached to an aromatic ring is 1. The van der Waals surface area contributed by atoms with E-state index < -0.39 is 16.7 Å². The largest absolute Gasteiger partial charge is 0.445 e. The minimum absolute atomic E-state index is 0.0971. The number of allylic oxidation sites excluding steroid dienone is 5. The van der Waals surface area contributed by atoms with Gasteiger partial charge < -0.3 is 5.73 Å². The molecule has 6 nitrogen and oxygen atoms in total. The molecule has 0 unspecified atom stereocenters. The van der Waals surface area contributed by atoms with Gasteiger partial charge in [0.05, 0.1) is 5.56 Å². The van der Waals surface area contributed by atoms with Crippen molar-refractivity contribution in [1.82, 2.24) is 14.6 Å². The lowest BCUT2D eigenvalue weighted by molar-refractivity contribution is -0.138. The van der Waals surface area contributed by atoms with Crippen LogP contribution in [0.15, 0.2) is 34.7 Å². The van der Waals surface area contributed by atoms with Crippen molar-refractivity contribution in [3.05, 3.63) is 50.8 Å². The van der Waals surface area contributed by atoms with Gasteiger partial charge in [-0.3, -0.25) is 9.59 Å². The Morgan fingerprint density at radius 1 is 1.17 bits per heavy atom. The van der Waals surface area contributed by atoms with Crippen molar-refractivity contribution < 1.29 is 18.0 Å². The second-order valence-corrected chi connectivity index (χ2v) is 5.48. The molecule has 0 radical (unpaired) electrons. The van der Waals surface area contributed by atoms with Crippen molar-refractivity contribution in [2.45, 2.75) is 6.18 Å². The van der Waals surface area contributed by atoms with Crippen molar-refractivity contribution in [1.29, 1.82) is 0 Å². The highest BCUT2D eigenvalue weighted by atomic mass is 32.1. The van der Waals surface area contributed by atoms with E-state index in [1.807, 2.05) is 0 Å².